The summed E-state index contributed by atoms with van der Waals surface area (Å²) in [4.78, 5) is 0. The second-order valence-corrected chi connectivity index (χ2v) is 3.88. The molecule has 90 valence electrons. The van der Waals surface area contributed by atoms with E-state index in [4.69, 9.17) is 10.5 Å². The molecule has 0 atom stereocenters. The van der Waals surface area contributed by atoms with Gasteiger partial charge in [0.2, 0.25) is 0 Å². The molecule has 2 rings (SSSR count). The van der Waals surface area contributed by atoms with Crippen LogP contribution in [0.4, 0.5) is 10.2 Å². The van der Waals surface area contributed by atoms with Crippen molar-refractivity contribution in [1.82, 2.24) is 9.78 Å². The third-order valence-electron chi connectivity index (χ3n) is 2.64. The minimum Gasteiger partial charge on any atom is -0.496 e. The quantitative estimate of drug-likeness (QED) is 0.867. The average Bonchev–Trinajstić information content (AvgIpc) is 2.58. The fourth-order valence-electron chi connectivity index (χ4n) is 1.80. The minimum atomic E-state index is -0.317. The molecule has 0 saturated carbocycles. The lowest BCUT2D eigenvalue weighted by Gasteiger charge is -2.09. The number of hydrogen-bond acceptors (Lipinski definition) is 3. The molecule has 1 aromatic carbocycles. The normalized spacial score (nSPS) is 10.6. The van der Waals surface area contributed by atoms with Crippen molar-refractivity contribution in [1.29, 1.82) is 0 Å². The van der Waals surface area contributed by atoms with E-state index in [9.17, 15) is 4.39 Å². The Bertz CT molecular complexity index is 544. The van der Waals surface area contributed by atoms with Crippen LogP contribution in [0.15, 0.2) is 18.2 Å². The van der Waals surface area contributed by atoms with Crippen LogP contribution < -0.4 is 10.5 Å². The minimum absolute atomic E-state index is 0.317. The molecule has 2 N–H and O–H groups in total. The lowest BCUT2D eigenvalue weighted by atomic mass is 10.1. The topological polar surface area (TPSA) is 53.1 Å². The molecule has 0 fully saturated rings. The number of nitrogens with two attached hydrogens (primary N) is 1. The third-order valence-corrected chi connectivity index (χ3v) is 2.64. The van der Waals surface area contributed by atoms with Gasteiger partial charge in [-0.3, -0.25) is 4.68 Å². The lowest BCUT2D eigenvalue weighted by Crippen LogP contribution is -1.97. The number of benzene rings is 1. The molecule has 1 aromatic heterocycles. The summed E-state index contributed by atoms with van der Waals surface area (Å²) in [5.41, 5.74) is 7.65. The first-order valence-corrected chi connectivity index (χ1v) is 5.17. The van der Waals surface area contributed by atoms with Gasteiger partial charge < -0.3 is 10.5 Å². The summed E-state index contributed by atoms with van der Waals surface area (Å²) < 4.78 is 20.2. The second-order valence-electron chi connectivity index (χ2n) is 3.88. The molecule has 0 aliphatic carbocycles. The monoisotopic (exact) mass is 235 g/mol. The number of halogens is 1. The molecule has 4 nitrogen and oxygen atoms in total. The lowest BCUT2D eigenvalue weighted by molar-refractivity contribution is 0.412. The number of methoxy groups -OCH3 is 1. The molecule has 0 aliphatic heterocycles. The summed E-state index contributed by atoms with van der Waals surface area (Å²) in [6, 6.07) is 4.51. The van der Waals surface area contributed by atoms with E-state index < -0.39 is 0 Å². The fourth-order valence-corrected chi connectivity index (χ4v) is 1.80. The van der Waals surface area contributed by atoms with E-state index in [0.717, 1.165) is 5.56 Å². The van der Waals surface area contributed by atoms with Crippen LogP contribution in [0.25, 0.3) is 11.3 Å². The standard InChI is InChI=1S/C12H14FN3O/c1-7-4-8(13)5-9(12(7)17-3)10-6-11(14)16(2)15-10/h4-6H,14H2,1-3H3. The molecule has 0 amide bonds. The summed E-state index contributed by atoms with van der Waals surface area (Å²) in [6.07, 6.45) is 0. The number of aromatic nitrogens is 2. The Morgan fingerprint density at radius 1 is 1.35 bits per heavy atom. The van der Waals surface area contributed by atoms with Gasteiger partial charge in [0.15, 0.2) is 0 Å². The highest BCUT2D eigenvalue weighted by Crippen LogP contribution is 2.33. The maximum Gasteiger partial charge on any atom is 0.131 e. The summed E-state index contributed by atoms with van der Waals surface area (Å²) >= 11 is 0. The average molecular weight is 235 g/mol. The van der Waals surface area contributed by atoms with Crippen molar-refractivity contribution in [3.8, 4) is 17.0 Å². The molecule has 5 heteroatoms. The Morgan fingerprint density at radius 3 is 2.59 bits per heavy atom. The highest BCUT2D eigenvalue weighted by atomic mass is 19.1. The summed E-state index contributed by atoms with van der Waals surface area (Å²) in [7, 11) is 3.29. The van der Waals surface area contributed by atoms with Crippen molar-refractivity contribution < 1.29 is 9.13 Å². The van der Waals surface area contributed by atoms with Gasteiger partial charge in [-0.15, -0.1) is 0 Å². The predicted octanol–water partition coefficient (Wildman–Crippen LogP) is 2.13. The number of rotatable bonds is 2. The maximum atomic E-state index is 13.4. The van der Waals surface area contributed by atoms with Gasteiger partial charge in [-0.1, -0.05) is 0 Å². The first kappa shape index (κ1) is 11.4. The van der Waals surface area contributed by atoms with Gasteiger partial charge in [0.1, 0.15) is 17.4 Å². The smallest absolute Gasteiger partial charge is 0.131 e. The van der Waals surface area contributed by atoms with Gasteiger partial charge in [-0.2, -0.15) is 5.10 Å². The van der Waals surface area contributed by atoms with Gasteiger partial charge in [0, 0.05) is 18.7 Å². The first-order chi connectivity index (χ1) is 8.02. The molecular weight excluding hydrogens is 221 g/mol. The zero-order valence-corrected chi connectivity index (χ0v) is 9.99. The number of hydrogen-bond donors (Lipinski definition) is 1. The maximum absolute atomic E-state index is 13.4. The number of ether oxygens (including phenoxy) is 1. The fraction of sp³-hybridized carbons (Fsp3) is 0.250. The highest BCUT2D eigenvalue weighted by Gasteiger charge is 2.14. The van der Waals surface area contributed by atoms with Gasteiger partial charge in [-0.25, -0.2) is 4.39 Å². The number of aryl methyl sites for hydroxylation is 2. The Balaban J connectivity index is 2.65. The van der Waals surface area contributed by atoms with E-state index in [1.807, 2.05) is 0 Å². The van der Waals surface area contributed by atoms with E-state index in [2.05, 4.69) is 5.10 Å². The van der Waals surface area contributed by atoms with E-state index in [1.54, 1.807) is 27.1 Å². The van der Waals surface area contributed by atoms with Crippen LogP contribution in [0, 0.1) is 12.7 Å². The molecule has 0 radical (unpaired) electrons. The van der Waals surface area contributed by atoms with Gasteiger partial charge in [0.25, 0.3) is 0 Å². The van der Waals surface area contributed by atoms with Crippen molar-refractivity contribution >= 4 is 5.82 Å². The number of anilines is 1. The van der Waals surface area contributed by atoms with Crippen molar-refractivity contribution in [2.75, 3.05) is 12.8 Å². The molecule has 0 unspecified atom stereocenters. The molecule has 0 bridgehead atoms. The second kappa shape index (κ2) is 4.08. The number of nitrogens with zero attached hydrogens (tertiary/aromatic N) is 2. The van der Waals surface area contributed by atoms with Crippen LogP contribution in [-0.2, 0) is 7.05 Å². The first-order valence-electron chi connectivity index (χ1n) is 5.17. The Labute approximate surface area is 98.8 Å². The van der Waals surface area contributed by atoms with Crippen LogP contribution in [-0.4, -0.2) is 16.9 Å². The molecule has 0 spiro atoms. The van der Waals surface area contributed by atoms with E-state index >= 15 is 0 Å². The molecule has 0 aliphatic rings. The molecular formula is C12H14FN3O. The number of nitrogen functional groups attached to an aromatic ring is 1. The molecule has 0 saturated heterocycles. The highest BCUT2D eigenvalue weighted by molar-refractivity contribution is 5.71. The summed E-state index contributed by atoms with van der Waals surface area (Å²) in [6.45, 7) is 1.79. The van der Waals surface area contributed by atoms with E-state index in [1.165, 1.54) is 16.8 Å². The molecule has 1 heterocycles. The van der Waals surface area contributed by atoms with Gasteiger partial charge >= 0.3 is 0 Å². The van der Waals surface area contributed by atoms with Crippen LogP contribution in [0.2, 0.25) is 0 Å². The van der Waals surface area contributed by atoms with Crippen molar-refractivity contribution in [2.45, 2.75) is 6.92 Å². The Kier molecular flexibility index (Phi) is 2.75. The molecule has 2 aromatic rings. The third kappa shape index (κ3) is 1.95. The SMILES string of the molecule is COc1c(C)cc(F)cc1-c1cc(N)n(C)n1. The summed E-state index contributed by atoms with van der Waals surface area (Å²) in [5.74, 6) is 0.816. The van der Waals surface area contributed by atoms with Crippen LogP contribution >= 0.6 is 0 Å². The van der Waals surface area contributed by atoms with Gasteiger partial charge in [-0.05, 0) is 24.6 Å². The van der Waals surface area contributed by atoms with Crippen LogP contribution in [0.5, 0.6) is 5.75 Å². The van der Waals surface area contributed by atoms with Crippen molar-refractivity contribution in [3.05, 3.63) is 29.6 Å². The zero-order chi connectivity index (χ0) is 12.6. The largest absolute Gasteiger partial charge is 0.496 e. The Hall–Kier alpha value is -2.04. The predicted molar refractivity (Wildman–Crippen MR) is 64.3 cm³/mol. The van der Waals surface area contributed by atoms with Crippen LogP contribution in [0.3, 0.4) is 0 Å². The van der Waals surface area contributed by atoms with Crippen molar-refractivity contribution in [2.24, 2.45) is 7.05 Å². The van der Waals surface area contributed by atoms with Crippen LogP contribution in [0.1, 0.15) is 5.56 Å². The van der Waals surface area contributed by atoms with Gasteiger partial charge in [0.05, 0.1) is 12.8 Å². The van der Waals surface area contributed by atoms with E-state index in [-0.39, 0.29) is 5.82 Å². The Morgan fingerprint density at radius 2 is 2.06 bits per heavy atom. The van der Waals surface area contributed by atoms with Crippen molar-refractivity contribution in [3.63, 3.8) is 0 Å². The zero-order valence-electron chi connectivity index (χ0n) is 9.99. The molecule has 17 heavy (non-hydrogen) atoms. The van der Waals surface area contributed by atoms with E-state index in [0.29, 0.717) is 22.8 Å². The summed E-state index contributed by atoms with van der Waals surface area (Å²) in [5, 5.41) is 4.22.